The van der Waals surface area contributed by atoms with Crippen LogP contribution in [0.5, 0.6) is 11.5 Å². The van der Waals surface area contributed by atoms with E-state index in [1.165, 1.54) is 11.8 Å². The maximum atomic E-state index is 12.9. The Morgan fingerprint density at radius 1 is 1.19 bits per heavy atom. The number of nitrogens with zero attached hydrogens (tertiary/aromatic N) is 2. The summed E-state index contributed by atoms with van der Waals surface area (Å²) in [7, 11) is 1.57. The Bertz CT molecular complexity index is 946. The molecule has 0 aliphatic carbocycles. The first-order valence-electron chi connectivity index (χ1n) is 10.3. The standard InChI is InChI=1S/C23H27N3O4S/c1-4-14-30-17-12-10-16(11-13-17)24-22(28)20-15-21(27)26(5-2)23(31-20)25-18-8-6-7-9-19(18)29-3/h6-13,20H,4-5,14-15H2,1-3H3,(H,24,28)/t20-/m1/s1. The van der Waals surface area contributed by atoms with Gasteiger partial charge in [0, 0.05) is 18.7 Å². The number of carbonyl (C=O) groups is 2. The lowest BCUT2D eigenvalue weighted by atomic mass is 10.2. The first-order chi connectivity index (χ1) is 15.0. The Hall–Kier alpha value is -3.00. The Balaban J connectivity index is 1.75. The van der Waals surface area contributed by atoms with Crippen molar-refractivity contribution >= 4 is 40.1 Å². The fourth-order valence-corrected chi connectivity index (χ4v) is 4.21. The molecule has 1 saturated heterocycles. The normalized spacial score (nSPS) is 17.5. The number of methoxy groups -OCH3 is 1. The summed E-state index contributed by atoms with van der Waals surface area (Å²) < 4.78 is 10.9. The Morgan fingerprint density at radius 3 is 2.61 bits per heavy atom. The number of para-hydroxylation sites is 2. The first-order valence-corrected chi connectivity index (χ1v) is 11.2. The molecule has 1 fully saturated rings. The molecule has 1 aliphatic rings. The lowest BCUT2D eigenvalue weighted by Gasteiger charge is -2.31. The van der Waals surface area contributed by atoms with Crippen LogP contribution < -0.4 is 14.8 Å². The number of nitrogens with one attached hydrogen (secondary N) is 1. The van der Waals surface area contributed by atoms with E-state index in [1.807, 2.05) is 50.2 Å². The minimum atomic E-state index is -0.570. The molecule has 3 rings (SSSR count). The van der Waals surface area contributed by atoms with Gasteiger partial charge in [0.2, 0.25) is 11.8 Å². The molecule has 0 unspecified atom stereocenters. The maximum Gasteiger partial charge on any atom is 0.238 e. The van der Waals surface area contributed by atoms with Crippen LogP contribution in [0.3, 0.4) is 0 Å². The zero-order chi connectivity index (χ0) is 22.2. The van der Waals surface area contributed by atoms with E-state index in [2.05, 4.69) is 10.3 Å². The molecule has 1 N–H and O–H groups in total. The van der Waals surface area contributed by atoms with Gasteiger partial charge >= 0.3 is 0 Å². The number of amidine groups is 1. The van der Waals surface area contributed by atoms with Crippen molar-refractivity contribution in [2.75, 3.05) is 25.6 Å². The van der Waals surface area contributed by atoms with E-state index in [4.69, 9.17) is 9.47 Å². The zero-order valence-corrected chi connectivity index (χ0v) is 18.8. The summed E-state index contributed by atoms with van der Waals surface area (Å²) in [5, 5.41) is 2.81. The third-order valence-electron chi connectivity index (χ3n) is 4.64. The number of anilines is 1. The quantitative estimate of drug-likeness (QED) is 0.654. The van der Waals surface area contributed by atoms with Crippen LogP contribution in [0.1, 0.15) is 26.7 Å². The van der Waals surface area contributed by atoms with Crippen LogP contribution in [-0.4, -0.2) is 47.4 Å². The van der Waals surface area contributed by atoms with Gasteiger partial charge in [0.1, 0.15) is 22.4 Å². The summed E-state index contributed by atoms with van der Waals surface area (Å²) in [6.07, 6.45) is 1.05. The van der Waals surface area contributed by atoms with E-state index in [0.717, 1.165) is 12.2 Å². The van der Waals surface area contributed by atoms with Crippen LogP contribution in [0.4, 0.5) is 11.4 Å². The molecule has 0 radical (unpaired) electrons. The van der Waals surface area contributed by atoms with Crippen molar-refractivity contribution in [2.45, 2.75) is 31.9 Å². The highest BCUT2D eigenvalue weighted by Crippen LogP contribution is 2.33. The van der Waals surface area contributed by atoms with Gasteiger partial charge in [-0.1, -0.05) is 30.8 Å². The summed E-state index contributed by atoms with van der Waals surface area (Å²) in [5.41, 5.74) is 1.27. The average Bonchev–Trinajstić information content (AvgIpc) is 2.78. The van der Waals surface area contributed by atoms with Crippen LogP contribution in [0, 0.1) is 0 Å². The monoisotopic (exact) mass is 441 g/mol. The van der Waals surface area contributed by atoms with Crippen molar-refractivity contribution in [3.8, 4) is 11.5 Å². The van der Waals surface area contributed by atoms with Crippen LogP contribution in [0.25, 0.3) is 0 Å². The van der Waals surface area contributed by atoms with Crippen LogP contribution >= 0.6 is 11.8 Å². The van der Waals surface area contributed by atoms with Crippen molar-refractivity contribution in [3.05, 3.63) is 48.5 Å². The second-order valence-electron chi connectivity index (χ2n) is 6.88. The summed E-state index contributed by atoms with van der Waals surface area (Å²) in [6, 6.07) is 14.6. The predicted octanol–water partition coefficient (Wildman–Crippen LogP) is 4.46. The van der Waals surface area contributed by atoms with Gasteiger partial charge in [-0.25, -0.2) is 4.99 Å². The molecule has 7 nitrogen and oxygen atoms in total. The van der Waals surface area contributed by atoms with Crippen LogP contribution in [0.15, 0.2) is 53.5 Å². The Labute approximate surface area is 186 Å². The van der Waals surface area contributed by atoms with Gasteiger partial charge in [-0.05, 0) is 49.7 Å². The molecule has 1 aliphatic heterocycles. The van der Waals surface area contributed by atoms with Gasteiger partial charge in [-0.15, -0.1) is 0 Å². The van der Waals surface area contributed by atoms with Crippen molar-refractivity contribution in [3.63, 3.8) is 0 Å². The largest absolute Gasteiger partial charge is 0.494 e. The van der Waals surface area contributed by atoms with E-state index in [1.54, 1.807) is 24.1 Å². The van der Waals surface area contributed by atoms with E-state index < -0.39 is 5.25 Å². The summed E-state index contributed by atoms with van der Waals surface area (Å²) in [4.78, 5) is 31.8. The van der Waals surface area contributed by atoms with Crippen LogP contribution in [-0.2, 0) is 9.59 Å². The van der Waals surface area contributed by atoms with Crippen molar-refractivity contribution in [1.29, 1.82) is 0 Å². The highest BCUT2D eigenvalue weighted by molar-refractivity contribution is 8.15. The third kappa shape index (κ3) is 5.79. The van der Waals surface area contributed by atoms with E-state index in [-0.39, 0.29) is 18.2 Å². The molecule has 2 amide bonds. The second kappa shape index (κ2) is 10.9. The molecule has 2 aromatic carbocycles. The minimum Gasteiger partial charge on any atom is -0.494 e. The van der Waals surface area contributed by atoms with E-state index in [9.17, 15) is 9.59 Å². The molecule has 1 heterocycles. The van der Waals surface area contributed by atoms with Gasteiger partial charge in [-0.2, -0.15) is 0 Å². The molecule has 0 aromatic heterocycles. The predicted molar refractivity (Wildman–Crippen MR) is 124 cm³/mol. The van der Waals surface area contributed by atoms with Gasteiger partial charge in [0.05, 0.1) is 13.7 Å². The van der Waals surface area contributed by atoms with E-state index >= 15 is 0 Å². The summed E-state index contributed by atoms with van der Waals surface area (Å²) in [5.74, 6) is 1.00. The molecule has 31 heavy (non-hydrogen) atoms. The fourth-order valence-electron chi connectivity index (χ4n) is 3.05. The number of thioether (sulfide) groups is 1. The minimum absolute atomic E-state index is 0.118. The molecular weight excluding hydrogens is 414 g/mol. The Kier molecular flexibility index (Phi) is 7.94. The number of rotatable bonds is 8. The molecule has 1 atom stereocenters. The number of ether oxygens (including phenoxy) is 2. The molecule has 0 spiro atoms. The first kappa shape index (κ1) is 22.7. The average molecular weight is 442 g/mol. The molecule has 0 bridgehead atoms. The van der Waals surface area contributed by atoms with Gasteiger partial charge in [-0.3, -0.25) is 14.5 Å². The Morgan fingerprint density at radius 2 is 1.94 bits per heavy atom. The highest BCUT2D eigenvalue weighted by atomic mass is 32.2. The highest BCUT2D eigenvalue weighted by Gasteiger charge is 2.35. The maximum absolute atomic E-state index is 12.9. The number of aliphatic imine (C=N–C) groups is 1. The smallest absolute Gasteiger partial charge is 0.238 e. The molecule has 164 valence electrons. The van der Waals surface area contributed by atoms with E-state index in [0.29, 0.717) is 35.4 Å². The molecular formula is C23H27N3O4S. The topological polar surface area (TPSA) is 80.2 Å². The lowest BCUT2D eigenvalue weighted by molar-refractivity contribution is -0.129. The zero-order valence-electron chi connectivity index (χ0n) is 18.0. The summed E-state index contributed by atoms with van der Waals surface area (Å²) >= 11 is 1.29. The fraction of sp³-hybridized carbons (Fsp3) is 0.348. The van der Waals surface area contributed by atoms with Crippen molar-refractivity contribution in [2.24, 2.45) is 4.99 Å². The number of benzene rings is 2. The number of carbonyl (C=O) groups excluding carboxylic acids is 2. The third-order valence-corrected chi connectivity index (χ3v) is 5.83. The van der Waals surface area contributed by atoms with Crippen molar-refractivity contribution < 1.29 is 19.1 Å². The second-order valence-corrected chi connectivity index (χ2v) is 8.05. The number of amides is 2. The van der Waals surface area contributed by atoms with Gasteiger partial charge < -0.3 is 14.8 Å². The van der Waals surface area contributed by atoms with Gasteiger partial charge in [0.15, 0.2) is 5.17 Å². The number of hydrogen-bond acceptors (Lipinski definition) is 6. The molecule has 2 aromatic rings. The van der Waals surface area contributed by atoms with Gasteiger partial charge in [0.25, 0.3) is 0 Å². The molecule has 0 saturated carbocycles. The van der Waals surface area contributed by atoms with Crippen LogP contribution in [0.2, 0.25) is 0 Å². The summed E-state index contributed by atoms with van der Waals surface area (Å²) in [6.45, 7) is 5.06. The van der Waals surface area contributed by atoms with Crippen molar-refractivity contribution in [1.82, 2.24) is 4.90 Å². The molecule has 8 heteroatoms. The SMILES string of the molecule is CCCOc1ccc(NC(=O)[C@H]2CC(=O)N(CC)C(=Nc3ccccc3OC)S2)cc1. The number of hydrogen-bond donors (Lipinski definition) is 1. The lowest BCUT2D eigenvalue weighted by Crippen LogP contribution is -2.45.